The molecule has 5 unspecified atom stereocenters. The summed E-state index contributed by atoms with van der Waals surface area (Å²) in [4.78, 5) is 0. The fourth-order valence-corrected chi connectivity index (χ4v) is 4.52. The zero-order valence-corrected chi connectivity index (χ0v) is 19.7. The van der Waals surface area contributed by atoms with Crippen molar-refractivity contribution in [3.8, 4) is 11.5 Å². The van der Waals surface area contributed by atoms with Crippen LogP contribution in [0.25, 0.3) is 0 Å². The molecule has 0 saturated heterocycles. The van der Waals surface area contributed by atoms with Crippen molar-refractivity contribution in [2.75, 3.05) is 13.1 Å². The number of hydrogen-bond acceptors (Lipinski definition) is 5. The molecule has 2 N–H and O–H groups in total. The molecule has 4 rings (SSSR count). The Labute approximate surface area is 190 Å². The average molecular weight is 467 g/mol. The first kappa shape index (κ1) is 24.8. The highest BCUT2D eigenvalue weighted by Gasteiger charge is 2.30. The molecule has 0 aromatic heterocycles. The molecule has 0 amide bonds. The number of aliphatic hydroxyl groups excluding tert-OH is 2. The molecule has 0 fully saturated rings. The topological polar surface area (TPSA) is 62.2 Å². The maximum atomic E-state index is 13.3. The highest BCUT2D eigenvalue weighted by atomic mass is 31.0. The van der Waals surface area contributed by atoms with Gasteiger partial charge >= 0.3 is 0 Å². The van der Waals surface area contributed by atoms with Gasteiger partial charge in [0.1, 0.15) is 47.5 Å². The smallest absolute Gasteiger partial charge is 0.126 e. The Hall–Kier alpha value is -1.79. The van der Waals surface area contributed by atoms with Crippen molar-refractivity contribution < 1.29 is 28.5 Å². The fraction of sp³-hybridized carbons (Fsp3) is 0.500. The normalized spacial score (nSPS) is 21.2. The molecule has 2 aromatic carbocycles. The molecule has 5 atom stereocenters. The molecule has 8 heteroatoms. The SMILES string of the molecule is CC.OC(CN(P)CC(O)C1CCc2cc(F)ccc2O1)C1CCc2cc(F)ccc2O1. The van der Waals surface area contributed by atoms with E-state index >= 15 is 0 Å². The molecule has 0 bridgehead atoms. The summed E-state index contributed by atoms with van der Waals surface area (Å²) >= 11 is 0. The van der Waals surface area contributed by atoms with Crippen LogP contribution in [-0.2, 0) is 12.8 Å². The lowest BCUT2D eigenvalue weighted by Crippen LogP contribution is -2.45. The van der Waals surface area contributed by atoms with Crippen LogP contribution in [0.5, 0.6) is 11.5 Å². The van der Waals surface area contributed by atoms with Crippen LogP contribution in [0.4, 0.5) is 8.78 Å². The number of hydrogen-bond donors (Lipinski definition) is 2. The van der Waals surface area contributed by atoms with Crippen molar-refractivity contribution in [2.24, 2.45) is 0 Å². The number of rotatable bonds is 6. The maximum Gasteiger partial charge on any atom is 0.126 e. The number of halogens is 2. The summed E-state index contributed by atoms with van der Waals surface area (Å²) in [5, 5.41) is 21.2. The molecular formula is C24H32F2NO4P. The molecule has 2 aliphatic heterocycles. The Balaban J connectivity index is 0.00000141. The van der Waals surface area contributed by atoms with E-state index in [0.29, 0.717) is 37.2 Å². The van der Waals surface area contributed by atoms with E-state index < -0.39 is 24.4 Å². The third-order valence-electron chi connectivity index (χ3n) is 5.70. The zero-order chi connectivity index (χ0) is 23.3. The van der Waals surface area contributed by atoms with Gasteiger partial charge in [-0.2, -0.15) is 0 Å². The molecule has 5 nitrogen and oxygen atoms in total. The quantitative estimate of drug-likeness (QED) is 0.632. The van der Waals surface area contributed by atoms with Crippen molar-refractivity contribution in [3.63, 3.8) is 0 Å². The van der Waals surface area contributed by atoms with Crippen LogP contribution < -0.4 is 9.47 Å². The molecule has 2 aliphatic rings. The average Bonchev–Trinajstić information content (AvgIpc) is 2.79. The third kappa shape index (κ3) is 6.16. The fourth-order valence-electron chi connectivity index (χ4n) is 4.09. The van der Waals surface area contributed by atoms with Crippen molar-refractivity contribution in [1.82, 2.24) is 4.67 Å². The summed E-state index contributed by atoms with van der Waals surface area (Å²) in [5.74, 6) is 0.624. The number of fused-ring (bicyclic) bond motifs is 2. The largest absolute Gasteiger partial charge is 0.487 e. The summed E-state index contributed by atoms with van der Waals surface area (Å²) < 4.78 is 40.1. The summed E-state index contributed by atoms with van der Waals surface area (Å²) in [7, 11) is 2.52. The molecule has 32 heavy (non-hydrogen) atoms. The minimum atomic E-state index is -0.760. The predicted molar refractivity (Wildman–Crippen MR) is 123 cm³/mol. The van der Waals surface area contributed by atoms with Gasteiger partial charge in [-0.3, -0.25) is 4.67 Å². The first-order chi connectivity index (χ1) is 15.4. The van der Waals surface area contributed by atoms with E-state index in [-0.39, 0.29) is 24.7 Å². The first-order valence-corrected chi connectivity index (χ1v) is 11.7. The van der Waals surface area contributed by atoms with Gasteiger partial charge in [0.2, 0.25) is 0 Å². The second-order valence-electron chi connectivity index (χ2n) is 7.98. The van der Waals surface area contributed by atoms with Crippen molar-refractivity contribution in [2.45, 2.75) is 63.9 Å². The molecule has 0 aliphatic carbocycles. The van der Waals surface area contributed by atoms with Crippen LogP contribution in [-0.4, -0.2) is 52.4 Å². The van der Waals surface area contributed by atoms with Gasteiger partial charge in [0.05, 0.1) is 0 Å². The standard InChI is InChI=1S/C22H26F2NO4P.C2H6/c23-15-3-7-19-13(9-15)1-5-21(28-19)17(26)11-25(30)12-18(27)22-6-2-14-10-16(24)4-8-20(14)29-22;1-2/h3-4,7-10,17-18,21-22,26-27H,1-2,5-6,11-12,30H2;1-2H3. The second-order valence-corrected chi connectivity index (χ2v) is 8.71. The molecular weight excluding hydrogens is 435 g/mol. The highest BCUT2D eigenvalue weighted by Crippen LogP contribution is 2.31. The van der Waals surface area contributed by atoms with Crippen LogP contribution >= 0.6 is 9.39 Å². The number of aryl methyl sites for hydroxylation is 2. The summed E-state index contributed by atoms with van der Waals surface area (Å²) in [6, 6.07) is 8.82. The Morgan fingerprint density at radius 1 is 0.875 bits per heavy atom. The molecule has 0 spiro atoms. The van der Waals surface area contributed by atoms with E-state index in [4.69, 9.17) is 9.47 Å². The van der Waals surface area contributed by atoms with Crippen LogP contribution in [0, 0.1) is 11.6 Å². The zero-order valence-electron chi connectivity index (χ0n) is 18.5. The molecule has 0 saturated carbocycles. The number of nitrogens with zero attached hydrogens (tertiary/aromatic N) is 1. The molecule has 2 heterocycles. The lowest BCUT2D eigenvalue weighted by atomic mass is 9.98. The van der Waals surface area contributed by atoms with Crippen molar-refractivity contribution >= 4 is 9.39 Å². The predicted octanol–water partition coefficient (Wildman–Crippen LogP) is 3.89. The minimum Gasteiger partial charge on any atom is -0.487 e. The Bertz CT molecular complexity index is 829. The van der Waals surface area contributed by atoms with Crippen molar-refractivity contribution in [3.05, 3.63) is 59.2 Å². The van der Waals surface area contributed by atoms with Gasteiger partial charge in [-0.25, -0.2) is 8.78 Å². The van der Waals surface area contributed by atoms with Gasteiger partial charge in [0.25, 0.3) is 0 Å². The Kier molecular flexibility index (Phi) is 8.83. The van der Waals surface area contributed by atoms with Crippen LogP contribution in [0.15, 0.2) is 36.4 Å². The monoisotopic (exact) mass is 467 g/mol. The van der Waals surface area contributed by atoms with Crippen LogP contribution in [0.1, 0.15) is 37.8 Å². The number of ether oxygens (including phenoxy) is 2. The molecule has 2 aromatic rings. The van der Waals surface area contributed by atoms with Crippen LogP contribution in [0.2, 0.25) is 0 Å². The summed E-state index contributed by atoms with van der Waals surface area (Å²) in [6.07, 6.45) is 0.170. The second kappa shape index (κ2) is 11.4. The van der Waals surface area contributed by atoms with E-state index in [1.807, 2.05) is 13.8 Å². The lowest BCUT2D eigenvalue weighted by Gasteiger charge is -2.34. The van der Waals surface area contributed by atoms with Crippen molar-refractivity contribution in [1.29, 1.82) is 0 Å². The summed E-state index contributed by atoms with van der Waals surface area (Å²) in [5.41, 5.74) is 1.62. The van der Waals surface area contributed by atoms with Crippen LogP contribution in [0.3, 0.4) is 0 Å². The Morgan fingerprint density at radius 3 is 1.69 bits per heavy atom. The molecule has 176 valence electrons. The van der Waals surface area contributed by atoms with Gasteiger partial charge in [0.15, 0.2) is 0 Å². The molecule has 0 radical (unpaired) electrons. The van der Waals surface area contributed by atoms with E-state index in [0.717, 1.165) is 11.1 Å². The van der Waals surface area contributed by atoms with E-state index in [1.165, 1.54) is 24.3 Å². The third-order valence-corrected chi connectivity index (χ3v) is 6.12. The van der Waals surface area contributed by atoms with Gasteiger partial charge < -0.3 is 19.7 Å². The first-order valence-electron chi connectivity index (χ1n) is 11.1. The number of benzene rings is 2. The van der Waals surface area contributed by atoms with Gasteiger partial charge in [-0.1, -0.05) is 23.2 Å². The van der Waals surface area contributed by atoms with Gasteiger partial charge in [-0.15, -0.1) is 0 Å². The lowest BCUT2D eigenvalue weighted by molar-refractivity contribution is -0.00758. The minimum absolute atomic E-state index is 0.289. The summed E-state index contributed by atoms with van der Waals surface area (Å²) in [6.45, 7) is 4.58. The maximum absolute atomic E-state index is 13.3. The Morgan fingerprint density at radius 2 is 1.28 bits per heavy atom. The van der Waals surface area contributed by atoms with E-state index in [2.05, 4.69) is 9.39 Å². The van der Waals surface area contributed by atoms with E-state index in [1.54, 1.807) is 16.8 Å². The van der Waals surface area contributed by atoms with Gasteiger partial charge in [0, 0.05) is 13.1 Å². The highest BCUT2D eigenvalue weighted by molar-refractivity contribution is 7.13. The van der Waals surface area contributed by atoms with E-state index in [9.17, 15) is 19.0 Å². The van der Waals surface area contributed by atoms with Gasteiger partial charge in [-0.05, 0) is 73.2 Å². The number of aliphatic hydroxyl groups is 2.